The van der Waals surface area contributed by atoms with Gasteiger partial charge < -0.3 is 5.73 Å². The van der Waals surface area contributed by atoms with Gasteiger partial charge in [-0.15, -0.1) is 11.8 Å². The number of hydrogen-bond acceptors (Lipinski definition) is 2. The second-order valence-electron chi connectivity index (χ2n) is 4.50. The molecule has 0 saturated carbocycles. The van der Waals surface area contributed by atoms with Crippen LogP contribution in [-0.4, -0.2) is 0 Å². The average Bonchev–Trinajstić information content (AvgIpc) is 2.23. The van der Waals surface area contributed by atoms with Crippen LogP contribution in [0.1, 0.15) is 16.7 Å². The third-order valence-corrected chi connectivity index (χ3v) is 3.63. The average molecular weight is 261 g/mol. The molecule has 0 amide bonds. The van der Waals surface area contributed by atoms with Crippen molar-refractivity contribution in [3.8, 4) is 0 Å². The molecule has 0 bridgehead atoms. The third kappa shape index (κ3) is 3.50. The van der Waals surface area contributed by atoms with E-state index in [0.29, 0.717) is 5.69 Å². The number of nitrogens with two attached hydrogens (primary N) is 1. The molecule has 0 radical (unpaired) electrons. The van der Waals surface area contributed by atoms with Gasteiger partial charge in [0.1, 0.15) is 5.82 Å². The van der Waals surface area contributed by atoms with E-state index in [2.05, 4.69) is 32.0 Å². The number of anilines is 1. The highest BCUT2D eigenvalue weighted by Crippen LogP contribution is 2.26. The first kappa shape index (κ1) is 13.0. The molecule has 2 N–H and O–H groups in total. The largest absolute Gasteiger partial charge is 0.399 e. The zero-order valence-electron chi connectivity index (χ0n) is 10.5. The lowest BCUT2D eigenvalue weighted by molar-refractivity contribution is 0.625. The predicted molar refractivity (Wildman–Crippen MR) is 76.3 cm³/mol. The lowest BCUT2D eigenvalue weighted by atomic mass is 10.1. The Hall–Kier alpha value is -1.48. The van der Waals surface area contributed by atoms with Gasteiger partial charge in [0.15, 0.2) is 0 Å². The number of benzene rings is 2. The van der Waals surface area contributed by atoms with Crippen LogP contribution in [0.3, 0.4) is 0 Å². The van der Waals surface area contributed by atoms with Crippen molar-refractivity contribution in [2.45, 2.75) is 24.5 Å². The Morgan fingerprint density at radius 1 is 1.00 bits per heavy atom. The summed E-state index contributed by atoms with van der Waals surface area (Å²) >= 11 is 1.60. The standard InChI is InChI=1S/C15H16FNS/c1-10-3-11(2)5-12(4-10)9-18-15-7-13(16)6-14(17)8-15/h3-8H,9,17H2,1-2H3. The third-order valence-electron chi connectivity index (χ3n) is 2.58. The van der Waals surface area contributed by atoms with Crippen LogP contribution in [-0.2, 0) is 5.75 Å². The number of hydrogen-bond donors (Lipinski definition) is 1. The molecular formula is C15H16FNS. The van der Waals surface area contributed by atoms with Crippen molar-refractivity contribution in [2.75, 3.05) is 5.73 Å². The highest BCUT2D eigenvalue weighted by molar-refractivity contribution is 7.98. The van der Waals surface area contributed by atoms with Crippen molar-refractivity contribution in [3.05, 3.63) is 58.9 Å². The molecule has 0 aliphatic carbocycles. The Balaban J connectivity index is 2.11. The summed E-state index contributed by atoms with van der Waals surface area (Å²) in [7, 11) is 0. The van der Waals surface area contributed by atoms with Crippen molar-refractivity contribution in [2.24, 2.45) is 0 Å². The second-order valence-corrected chi connectivity index (χ2v) is 5.55. The highest BCUT2D eigenvalue weighted by atomic mass is 32.2. The SMILES string of the molecule is Cc1cc(C)cc(CSc2cc(N)cc(F)c2)c1. The molecule has 94 valence electrons. The van der Waals surface area contributed by atoms with E-state index in [0.717, 1.165) is 10.6 Å². The van der Waals surface area contributed by atoms with Crippen LogP contribution in [0, 0.1) is 19.7 Å². The lowest BCUT2D eigenvalue weighted by Gasteiger charge is -2.06. The maximum Gasteiger partial charge on any atom is 0.126 e. The Kier molecular flexibility index (Phi) is 3.92. The molecule has 0 unspecified atom stereocenters. The van der Waals surface area contributed by atoms with E-state index >= 15 is 0 Å². The van der Waals surface area contributed by atoms with Gasteiger partial charge in [-0.1, -0.05) is 29.3 Å². The summed E-state index contributed by atoms with van der Waals surface area (Å²) in [6, 6.07) is 11.1. The first-order valence-corrected chi connectivity index (χ1v) is 6.77. The molecule has 0 atom stereocenters. The normalized spacial score (nSPS) is 10.6. The van der Waals surface area contributed by atoms with Gasteiger partial charge in [0.05, 0.1) is 0 Å². The topological polar surface area (TPSA) is 26.0 Å². The van der Waals surface area contributed by atoms with Gasteiger partial charge in [-0.25, -0.2) is 4.39 Å². The summed E-state index contributed by atoms with van der Waals surface area (Å²) in [6.07, 6.45) is 0. The van der Waals surface area contributed by atoms with Crippen molar-refractivity contribution < 1.29 is 4.39 Å². The van der Waals surface area contributed by atoms with E-state index < -0.39 is 0 Å². The van der Waals surface area contributed by atoms with Crippen LogP contribution >= 0.6 is 11.8 Å². The Labute approximate surface area is 111 Å². The van der Waals surface area contributed by atoms with E-state index in [-0.39, 0.29) is 5.82 Å². The van der Waals surface area contributed by atoms with Crippen molar-refractivity contribution in [1.29, 1.82) is 0 Å². The molecule has 0 aliphatic heterocycles. The molecule has 0 heterocycles. The quantitative estimate of drug-likeness (QED) is 0.658. The van der Waals surface area contributed by atoms with Gasteiger partial charge in [-0.3, -0.25) is 0 Å². The van der Waals surface area contributed by atoms with Crippen molar-refractivity contribution in [1.82, 2.24) is 0 Å². The molecule has 0 spiro atoms. The number of aryl methyl sites for hydroxylation is 2. The van der Waals surface area contributed by atoms with E-state index in [1.165, 1.54) is 28.8 Å². The zero-order chi connectivity index (χ0) is 13.1. The van der Waals surface area contributed by atoms with E-state index in [9.17, 15) is 4.39 Å². The van der Waals surface area contributed by atoms with Crippen LogP contribution in [0.4, 0.5) is 10.1 Å². The minimum absolute atomic E-state index is 0.280. The molecule has 0 aliphatic rings. The van der Waals surface area contributed by atoms with Gasteiger partial charge in [0, 0.05) is 16.3 Å². The number of rotatable bonds is 3. The van der Waals surface area contributed by atoms with Gasteiger partial charge in [-0.05, 0) is 37.6 Å². The molecule has 0 fully saturated rings. The summed E-state index contributed by atoms with van der Waals surface area (Å²) in [4.78, 5) is 0.867. The molecule has 0 aromatic heterocycles. The zero-order valence-corrected chi connectivity index (χ0v) is 11.4. The minimum atomic E-state index is -0.280. The number of halogens is 1. The Morgan fingerprint density at radius 2 is 1.67 bits per heavy atom. The van der Waals surface area contributed by atoms with E-state index in [4.69, 9.17) is 5.73 Å². The molecular weight excluding hydrogens is 245 g/mol. The summed E-state index contributed by atoms with van der Waals surface area (Å²) in [6.45, 7) is 4.17. The molecule has 2 rings (SSSR count). The van der Waals surface area contributed by atoms with Crippen LogP contribution in [0.25, 0.3) is 0 Å². The fraction of sp³-hybridized carbons (Fsp3) is 0.200. The van der Waals surface area contributed by atoms with Gasteiger partial charge in [-0.2, -0.15) is 0 Å². The van der Waals surface area contributed by atoms with Crippen molar-refractivity contribution >= 4 is 17.4 Å². The van der Waals surface area contributed by atoms with Crippen molar-refractivity contribution in [3.63, 3.8) is 0 Å². The fourth-order valence-corrected chi connectivity index (χ4v) is 2.90. The summed E-state index contributed by atoms with van der Waals surface area (Å²) in [5.41, 5.74) is 9.85. The van der Waals surface area contributed by atoms with E-state index in [1.807, 2.05) is 0 Å². The highest BCUT2D eigenvalue weighted by Gasteiger charge is 2.01. The monoisotopic (exact) mass is 261 g/mol. The van der Waals surface area contributed by atoms with Gasteiger partial charge in [0.25, 0.3) is 0 Å². The maximum atomic E-state index is 13.2. The molecule has 18 heavy (non-hydrogen) atoms. The first-order valence-electron chi connectivity index (χ1n) is 5.79. The molecule has 1 nitrogen and oxygen atoms in total. The van der Waals surface area contributed by atoms with E-state index in [1.54, 1.807) is 17.8 Å². The number of nitrogen functional groups attached to an aromatic ring is 1. The second kappa shape index (κ2) is 5.44. The van der Waals surface area contributed by atoms with Crippen LogP contribution in [0.15, 0.2) is 41.3 Å². The minimum Gasteiger partial charge on any atom is -0.399 e. The van der Waals surface area contributed by atoms with Crippen LogP contribution in [0.2, 0.25) is 0 Å². The fourth-order valence-electron chi connectivity index (χ4n) is 1.99. The van der Waals surface area contributed by atoms with Crippen LogP contribution < -0.4 is 5.73 Å². The summed E-state index contributed by atoms with van der Waals surface area (Å²) in [5, 5.41) is 0. The molecule has 2 aromatic rings. The molecule has 3 heteroatoms. The predicted octanol–water partition coefficient (Wildman–Crippen LogP) is 4.32. The Bertz CT molecular complexity index is 474. The summed E-state index contributed by atoms with van der Waals surface area (Å²) in [5.74, 6) is 0.545. The van der Waals surface area contributed by atoms with Gasteiger partial charge >= 0.3 is 0 Å². The summed E-state index contributed by atoms with van der Waals surface area (Å²) < 4.78 is 13.2. The molecule has 0 saturated heterocycles. The number of thioether (sulfide) groups is 1. The lowest BCUT2D eigenvalue weighted by Crippen LogP contribution is -1.89. The van der Waals surface area contributed by atoms with Gasteiger partial charge in [0.2, 0.25) is 0 Å². The van der Waals surface area contributed by atoms with Crippen LogP contribution in [0.5, 0.6) is 0 Å². The Morgan fingerprint density at radius 3 is 2.28 bits per heavy atom. The smallest absolute Gasteiger partial charge is 0.126 e. The maximum absolute atomic E-state index is 13.2. The first-order chi connectivity index (χ1) is 8.52. The molecule has 2 aromatic carbocycles.